The lowest BCUT2D eigenvalue weighted by atomic mass is 10.00. The van der Waals surface area contributed by atoms with Crippen LogP contribution >= 0.6 is 0 Å². The van der Waals surface area contributed by atoms with Crippen LogP contribution in [0.3, 0.4) is 0 Å². The van der Waals surface area contributed by atoms with E-state index in [1.54, 1.807) is 0 Å². The highest BCUT2D eigenvalue weighted by Gasteiger charge is 2.40. The highest BCUT2D eigenvalue weighted by molar-refractivity contribution is 5.90. The fourth-order valence-corrected chi connectivity index (χ4v) is 5.54. The zero-order chi connectivity index (χ0) is 29.5. The molecule has 1 aliphatic rings. The van der Waals surface area contributed by atoms with Crippen LogP contribution in [0.4, 0.5) is 0 Å². The van der Waals surface area contributed by atoms with Gasteiger partial charge in [0, 0.05) is 6.42 Å². The number of carboxylic acids is 1. The summed E-state index contributed by atoms with van der Waals surface area (Å²) in [7, 11) is 2.31. The van der Waals surface area contributed by atoms with Gasteiger partial charge in [0.2, 0.25) is 0 Å². The van der Waals surface area contributed by atoms with Crippen LogP contribution in [0.25, 0.3) is 0 Å². The summed E-state index contributed by atoms with van der Waals surface area (Å²) in [4.78, 5) is 23.2. The second kappa shape index (κ2) is 22.7. The molecule has 0 amide bonds. The first-order valence-corrected chi connectivity index (χ1v) is 16.3. The molecule has 40 heavy (non-hydrogen) atoms. The highest BCUT2D eigenvalue weighted by atomic mass is 16.5. The molecule has 1 aromatic carbocycles. The van der Waals surface area contributed by atoms with E-state index in [2.05, 4.69) is 20.9 Å². The first kappa shape index (κ1) is 36.1. The largest absolute Gasteiger partial charge is 0.872 e. The normalized spacial score (nSPS) is 18.6. The minimum absolute atomic E-state index is 0.0809. The molecule has 1 aromatic rings. The summed E-state index contributed by atoms with van der Waals surface area (Å²) in [5, 5.41) is 19.0. The minimum atomic E-state index is -1.18. The van der Waals surface area contributed by atoms with Crippen molar-refractivity contribution in [3.8, 4) is 5.75 Å². The number of likely N-dealkylation sites (N-methyl/N-ethyl adjacent to an activating group) is 1. The third-order valence-electron chi connectivity index (χ3n) is 8.31. The zero-order valence-corrected chi connectivity index (χ0v) is 26.0. The quantitative estimate of drug-likeness (QED) is 0.122. The van der Waals surface area contributed by atoms with E-state index in [9.17, 15) is 14.7 Å². The molecule has 1 heterocycles. The van der Waals surface area contributed by atoms with Crippen molar-refractivity contribution in [3.05, 3.63) is 29.8 Å². The van der Waals surface area contributed by atoms with Crippen molar-refractivity contribution >= 4 is 11.8 Å². The van der Waals surface area contributed by atoms with E-state index < -0.39 is 11.7 Å². The van der Waals surface area contributed by atoms with Crippen molar-refractivity contribution in [1.82, 2.24) is 0 Å². The number of Topliss-reactive ketones (excluding diaryl/α,β-unsaturated/α-hetero) is 1. The number of nitrogens with zero attached hydrogens (tertiary/aromatic N) is 1. The maximum Gasteiger partial charge on any atom is 0.335 e. The summed E-state index contributed by atoms with van der Waals surface area (Å²) in [5.41, 5.74) is -0.178. The molecule has 1 saturated heterocycles. The average Bonchev–Trinajstić information content (AvgIpc) is 2.94. The molecule has 1 N–H and O–H groups in total. The van der Waals surface area contributed by atoms with Crippen LogP contribution in [0.2, 0.25) is 0 Å². The number of hydrogen-bond acceptors (Lipinski definition) is 4. The number of morpholine rings is 1. The van der Waals surface area contributed by atoms with Crippen LogP contribution in [0.1, 0.15) is 140 Å². The number of ketones is 1. The molecule has 230 valence electrons. The Morgan fingerprint density at radius 3 is 1.82 bits per heavy atom. The molecule has 0 radical (unpaired) electrons. The standard InChI is InChI=1S/C27H54NO2.C7H6O3/c1-4-6-8-10-12-13-14-16-18-20-22-28(3)23-24-30-25-26(28)27(29)21-19-17-15-11-9-7-5-2;8-6-4-2-1-3-5(6)7(9)10/h26H,4-25H2,1-3H3;1-4,8H,(H,9,10)/q+1;/p-1. The van der Waals surface area contributed by atoms with Crippen molar-refractivity contribution < 1.29 is 29.0 Å². The van der Waals surface area contributed by atoms with Gasteiger partial charge in [-0.1, -0.05) is 128 Å². The summed E-state index contributed by atoms with van der Waals surface area (Å²) >= 11 is 0. The van der Waals surface area contributed by atoms with E-state index in [1.165, 1.54) is 127 Å². The number of unbranched alkanes of at least 4 members (excludes halogenated alkanes) is 15. The second-order valence-corrected chi connectivity index (χ2v) is 11.8. The lowest BCUT2D eigenvalue weighted by Crippen LogP contribution is -2.62. The molecule has 2 rings (SSSR count). The van der Waals surface area contributed by atoms with E-state index in [0.717, 1.165) is 37.0 Å². The van der Waals surface area contributed by atoms with Gasteiger partial charge in [0.05, 0.1) is 25.8 Å². The lowest BCUT2D eigenvalue weighted by molar-refractivity contribution is -0.932. The third kappa shape index (κ3) is 15.8. The minimum Gasteiger partial charge on any atom is -0.872 e. The van der Waals surface area contributed by atoms with Crippen molar-refractivity contribution in [1.29, 1.82) is 0 Å². The molecule has 0 aromatic heterocycles. The van der Waals surface area contributed by atoms with Crippen LogP contribution in [-0.4, -0.2) is 60.7 Å². The molecular formula is C34H59NO5. The van der Waals surface area contributed by atoms with Crippen LogP contribution in [0, 0.1) is 0 Å². The Morgan fingerprint density at radius 1 is 0.825 bits per heavy atom. The van der Waals surface area contributed by atoms with E-state index in [1.807, 2.05) is 0 Å². The Bertz CT molecular complexity index is 798. The summed E-state index contributed by atoms with van der Waals surface area (Å²) in [6.07, 6.45) is 23.4. The van der Waals surface area contributed by atoms with Crippen molar-refractivity contribution in [2.75, 3.05) is 33.4 Å². The maximum atomic E-state index is 12.9. The van der Waals surface area contributed by atoms with Crippen LogP contribution in [0.5, 0.6) is 5.75 Å². The smallest absolute Gasteiger partial charge is 0.335 e. The number of aromatic carboxylic acids is 1. The number of carbonyl (C=O) groups excluding carboxylic acids is 1. The van der Waals surface area contributed by atoms with E-state index in [0.29, 0.717) is 12.4 Å². The van der Waals surface area contributed by atoms with Crippen LogP contribution in [-0.2, 0) is 9.53 Å². The number of benzene rings is 1. The molecule has 6 nitrogen and oxygen atoms in total. The number of hydrogen-bond donors (Lipinski definition) is 1. The number of carboxylic acid groups (broad SMARTS) is 1. The van der Waals surface area contributed by atoms with Gasteiger partial charge in [-0.15, -0.1) is 0 Å². The fraction of sp³-hybridized carbons (Fsp3) is 0.765. The third-order valence-corrected chi connectivity index (χ3v) is 8.31. The van der Waals surface area contributed by atoms with Crippen LogP contribution in [0.15, 0.2) is 24.3 Å². The van der Waals surface area contributed by atoms with Gasteiger partial charge in [-0.2, -0.15) is 0 Å². The Labute approximate surface area is 245 Å². The second-order valence-electron chi connectivity index (χ2n) is 11.8. The van der Waals surface area contributed by atoms with E-state index >= 15 is 0 Å². The summed E-state index contributed by atoms with van der Waals surface area (Å²) in [6.45, 7) is 8.15. The van der Waals surface area contributed by atoms with Crippen molar-refractivity contribution in [2.24, 2.45) is 0 Å². The van der Waals surface area contributed by atoms with Gasteiger partial charge in [-0.05, 0) is 25.3 Å². The fourth-order valence-electron chi connectivity index (χ4n) is 5.54. The van der Waals surface area contributed by atoms with Gasteiger partial charge in [0.25, 0.3) is 0 Å². The Kier molecular flexibility index (Phi) is 20.5. The molecular weight excluding hydrogens is 502 g/mol. The van der Waals surface area contributed by atoms with E-state index in [-0.39, 0.29) is 11.6 Å². The average molecular weight is 562 g/mol. The monoisotopic (exact) mass is 561 g/mol. The molecule has 6 heteroatoms. The number of carbonyl (C=O) groups is 2. The summed E-state index contributed by atoms with van der Waals surface area (Å²) in [6, 6.07) is 5.62. The predicted octanol–water partition coefficient (Wildman–Crippen LogP) is 7.92. The molecule has 0 aliphatic carbocycles. The van der Waals surface area contributed by atoms with Crippen molar-refractivity contribution in [3.63, 3.8) is 0 Å². The van der Waals surface area contributed by atoms with Crippen LogP contribution < -0.4 is 5.11 Å². The number of ether oxygens (including phenoxy) is 1. The highest BCUT2D eigenvalue weighted by Crippen LogP contribution is 2.22. The zero-order valence-electron chi connectivity index (χ0n) is 26.0. The Balaban J connectivity index is 0.000000667. The van der Waals surface area contributed by atoms with Gasteiger partial charge in [0.1, 0.15) is 13.2 Å². The topological polar surface area (TPSA) is 86.7 Å². The molecule has 0 bridgehead atoms. The first-order valence-electron chi connectivity index (χ1n) is 16.3. The lowest BCUT2D eigenvalue weighted by Gasteiger charge is -2.43. The summed E-state index contributed by atoms with van der Waals surface area (Å²) < 4.78 is 6.66. The van der Waals surface area contributed by atoms with Gasteiger partial charge < -0.3 is 19.4 Å². The Hall–Kier alpha value is -1.92. The molecule has 1 aliphatic heterocycles. The number of quaternary nitrogens is 1. The van der Waals surface area contributed by atoms with E-state index in [4.69, 9.17) is 9.84 Å². The molecule has 1 fully saturated rings. The van der Waals surface area contributed by atoms with Gasteiger partial charge >= 0.3 is 5.97 Å². The predicted molar refractivity (Wildman–Crippen MR) is 163 cm³/mol. The maximum absolute atomic E-state index is 12.9. The molecule has 0 saturated carbocycles. The number of rotatable bonds is 21. The molecule has 2 atom stereocenters. The van der Waals surface area contributed by atoms with Crippen molar-refractivity contribution in [2.45, 2.75) is 135 Å². The van der Waals surface area contributed by atoms with Gasteiger partial charge in [-0.3, -0.25) is 4.79 Å². The summed E-state index contributed by atoms with van der Waals surface area (Å²) in [5.74, 6) is -1.17. The van der Waals surface area contributed by atoms with Gasteiger partial charge in [0.15, 0.2) is 11.8 Å². The molecule has 2 unspecified atom stereocenters. The van der Waals surface area contributed by atoms with Gasteiger partial charge in [-0.25, -0.2) is 4.79 Å². The SMILES string of the molecule is CCCCCCCCCCCC[N+]1(C)CCOCC1C(=O)CCCCCCCCC.O=C(O)c1ccccc1[O-]. The first-order chi connectivity index (χ1) is 19.4. The number of para-hydroxylation sites is 1. The molecule has 0 spiro atoms. The Morgan fingerprint density at radius 2 is 1.32 bits per heavy atom.